The molecule has 2 aromatic heterocycles. The molecular weight excluding hydrogens is 523 g/mol. The third kappa shape index (κ3) is 5.34. The first kappa shape index (κ1) is 26.4. The number of benzene rings is 2. The van der Waals surface area contributed by atoms with Crippen molar-refractivity contribution >= 4 is 42.6 Å². The van der Waals surface area contributed by atoms with E-state index in [1.807, 2.05) is 13.0 Å². The van der Waals surface area contributed by atoms with E-state index in [4.69, 9.17) is 0 Å². The van der Waals surface area contributed by atoms with Crippen LogP contribution in [0.5, 0.6) is 0 Å². The van der Waals surface area contributed by atoms with Gasteiger partial charge in [0.1, 0.15) is 11.3 Å². The van der Waals surface area contributed by atoms with Crippen LogP contribution < -0.4 is 4.90 Å². The highest BCUT2D eigenvalue weighted by Crippen LogP contribution is 2.33. The fourth-order valence-corrected chi connectivity index (χ4v) is 7.65. The van der Waals surface area contributed by atoms with Gasteiger partial charge in [-0.25, -0.2) is 17.8 Å². The first-order valence-corrected chi connectivity index (χ1v) is 15.0. The highest BCUT2D eigenvalue weighted by Gasteiger charge is 2.31. The summed E-state index contributed by atoms with van der Waals surface area (Å²) in [6, 6.07) is 14.4. The normalized spacial score (nSPS) is 14.7. The van der Waals surface area contributed by atoms with E-state index >= 15 is 0 Å². The van der Waals surface area contributed by atoms with Crippen molar-refractivity contribution in [2.45, 2.75) is 56.5 Å². The summed E-state index contributed by atoms with van der Waals surface area (Å²) in [6.07, 6.45) is 8.26. The van der Waals surface area contributed by atoms with E-state index in [0.29, 0.717) is 21.9 Å². The molecule has 2 aromatic carbocycles. The van der Waals surface area contributed by atoms with E-state index in [2.05, 4.69) is 9.97 Å². The van der Waals surface area contributed by atoms with Crippen molar-refractivity contribution in [3.8, 4) is 0 Å². The molecule has 0 atom stereocenters. The summed E-state index contributed by atoms with van der Waals surface area (Å²) in [5, 5.41) is 0.352. The van der Waals surface area contributed by atoms with Gasteiger partial charge in [0, 0.05) is 30.5 Å². The molecule has 198 valence electrons. The van der Waals surface area contributed by atoms with E-state index in [0.717, 1.165) is 37.7 Å². The smallest absolute Gasteiger partial charge is 0.260 e. The van der Waals surface area contributed by atoms with Crippen LogP contribution >= 0.6 is 11.3 Å². The fraction of sp³-hybridized carbons (Fsp3) is 0.321. The third-order valence-corrected chi connectivity index (χ3v) is 9.98. The molecule has 1 saturated carbocycles. The zero-order valence-corrected chi connectivity index (χ0v) is 22.7. The average molecular weight is 553 g/mol. The highest BCUT2D eigenvalue weighted by atomic mass is 32.2. The van der Waals surface area contributed by atoms with Crippen LogP contribution in [0.2, 0.25) is 0 Å². The fourth-order valence-electron chi connectivity index (χ4n) is 4.97. The molecule has 0 unspecified atom stereocenters. The molecule has 5 rings (SSSR count). The van der Waals surface area contributed by atoms with Crippen molar-refractivity contribution in [2.75, 3.05) is 11.4 Å². The van der Waals surface area contributed by atoms with Crippen molar-refractivity contribution in [1.29, 1.82) is 0 Å². The lowest BCUT2D eigenvalue weighted by molar-refractivity contribution is 0.0985. The number of amides is 1. The van der Waals surface area contributed by atoms with Crippen LogP contribution in [0.25, 0.3) is 10.2 Å². The Morgan fingerprint density at radius 3 is 2.47 bits per heavy atom. The quantitative estimate of drug-likeness (QED) is 0.267. The molecule has 0 radical (unpaired) electrons. The van der Waals surface area contributed by atoms with E-state index in [1.54, 1.807) is 34.9 Å². The molecule has 0 aliphatic heterocycles. The minimum atomic E-state index is -3.69. The number of anilines is 1. The zero-order chi connectivity index (χ0) is 26.7. The average Bonchev–Trinajstić information content (AvgIpc) is 3.38. The van der Waals surface area contributed by atoms with E-state index in [9.17, 15) is 17.6 Å². The molecule has 2 heterocycles. The maximum Gasteiger partial charge on any atom is 0.260 e. The van der Waals surface area contributed by atoms with Crippen LogP contribution in [-0.2, 0) is 16.6 Å². The summed E-state index contributed by atoms with van der Waals surface area (Å²) in [5.41, 5.74) is 1.31. The van der Waals surface area contributed by atoms with Gasteiger partial charge in [0.05, 0.1) is 16.1 Å². The lowest BCUT2D eigenvalue weighted by Crippen LogP contribution is -2.41. The molecular formula is C28H29FN4O3S2. The largest absolute Gasteiger partial charge is 0.279 e. The summed E-state index contributed by atoms with van der Waals surface area (Å²) in [6.45, 7) is 2.45. The van der Waals surface area contributed by atoms with Gasteiger partial charge in [0.15, 0.2) is 5.13 Å². The van der Waals surface area contributed by atoms with E-state index < -0.39 is 15.8 Å². The van der Waals surface area contributed by atoms with Gasteiger partial charge >= 0.3 is 0 Å². The SMILES string of the molecule is CCN(C1CCCCC1)S(=O)(=O)c1ccc(C(=O)N(Cc2cccnc2)c2nc3c(F)cccc3s2)cc1. The predicted octanol–water partition coefficient (Wildman–Crippen LogP) is 6.02. The van der Waals surface area contributed by atoms with Gasteiger partial charge in [-0.2, -0.15) is 4.31 Å². The third-order valence-electron chi connectivity index (χ3n) is 6.90. The highest BCUT2D eigenvalue weighted by molar-refractivity contribution is 7.89. The Morgan fingerprint density at radius 2 is 1.82 bits per heavy atom. The topological polar surface area (TPSA) is 83.5 Å². The number of para-hydroxylation sites is 1. The Kier molecular flexibility index (Phi) is 7.83. The van der Waals surface area contributed by atoms with Crippen LogP contribution in [0.15, 0.2) is 71.9 Å². The van der Waals surface area contributed by atoms with Crippen LogP contribution in [0.4, 0.5) is 9.52 Å². The minimum absolute atomic E-state index is 0.00876. The standard InChI is InChI=1S/C28H29FN4O3S2/c1-2-33(22-9-4-3-5-10-22)38(35,36)23-15-13-21(14-16-23)27(34)32(19-20-8-7-17-30-18-20)28-31-26-24(29)11-6-12-25(26)37-28/h6-8,11-18,22H,2-5,9-10,19H2,1H3. The zero-order valence-electron chi connectivity index (χ0n) is 21.1. The molecule has 0 bridgehead atoms. The molecule has 7 nitrogen and oxygen atoms in total. The molecule has 38 heavy (non-hydrogen) atoms. The number of halogens is 1. The van der Waals surface area contributed by atoms with Crippen LogP contribution in [0, 0.1) is 5.82 Å². The van der Waals surface area contributed by atoms with Crippen molar-refractivity contribution in [3.63, 3.8) is 0 Å². The Labute approximate surface area is 226 Å². The van der Waals surface area contributed by atoms with Gasteiger partial charge < -0.3 is 0 Å². The summed E-state index contributed by atoms with van der Waals surface area (Å²) >= 11 is 1.22. The molecule has 1 fully saturated rings. The molecule has 10 heteroatoms. The van der Waals surface area contributed by atoms with Gasteiger partial charge in [-0.3, -0.25) is 14.7 Å². The van der Waals surface area contributed by atoms with Crippen molar-refractivity contribution in [2.24, 2.45) is 0 Å². The summed E-state index contributed by atoms with van der Waals surface area (Å²) in [4.78, 5) is 23.9. The maximum atomic E-state index is 14.4. The molecule has 0 saturated heterocycles. The van der Waals surface area contributed by atoms with Crippen molar-refractivity contribution < 1.29 is 17.6 Å². The van der Waals surface area contributed by atoms with Crippen LogP contribution in [-0.4, -0.2) is 41.2 Å². The lowest BCUT2D eigenvalue weighted by Gasteiger charge is -2.32. The second-order valence-corrected chi connectivity index (χ2v) is 12.3. The second-order valence-electron chi connectivity index (χ2n) is 9.36. The maximum absolute atomic E-state index is 14.4. The first-order chi connectivity index (χ1) is 18.4. The number of pyridine rings is 1. The number of hydrogen-bond acceptors (Lipinski definition) is 6. The van der Waals surface area contributed by atoms with E-state index in [1.165, 1.54) is 46.6 Å². The number of carbonyl (C=O) groups is 1. The van der Waals surface area contributed by atoms with Crippen molar-refractivity contribution in [1.82, 2.24) is 14.3 Å². The second kappa shape index (κ2) is 11.3. The summed E-state index contributed by atoms with van der Waals surface area (Å²) in [5.74, 6) is -0.816. The molecule has 1 aliphatic carbocycles. The Hall–Kier alpha value is -3.21. The molecule has 0 N–H and O–H groups in total. The van der Waals surface area contributed by atoms with Crippen molar-refractivity contribution in [3.05, 3.63) is 83.9 Å². The summed E-state index contributed by atoms with van der Waals surface area (Å²) in [7, 11) is -3.69. The number of sulfonamides is 1. The molecule has 1 aliphatic rings. The van der Waals surface area contributed by atoms with Gasteiger partial charge in [-0.1, -0.05) is 49.7 Å². The predicted molar refractivity (Wildman–Crippen MR) is 147 cm³/mol. The number of hydrogen-bond donors (Lipinski definition) is 0. The Morgan fingerprint density at radius 1 is 1.05 bits per heavy atom. The van der Waals surface area contributed by atoms with Crippen LogP contribution in [0.3, 0.4) is 0 Å². The van der Waals surface area contributed by atoms with E-state index in [-0.39, 0.29) is 28.9 Å². The molecule has 0 spiro atoms. The molecule has 4 aromatic rings. The number of thiazole rings is 1. The molecule has 1 amide bonds. The Bertz CT molecular complexity index is 1520. The van der Waals surface area contributed by atoms with Gasteiger partial charge in [0.2, 0.25) is 10.0 Å². The van der Waals surface area contributed by atoms with Gasteiger partial charge in [-0.05, 0) is 60.9 Å². The van der Waals surface area contributed by atoms with Gasteiger partial charge in [-0.15, -0.1) is 0 Å². The number of fused-ring (bicyclic) bond motifs is 1. The number of rotatable bonds is 8. The number of nitrogens with zero attached hydrogens (tertiary/aromatic N) is 4. The number of aromatic nitrogens is 2. The first-order valence-electron chi connectivity index (χ1n) is 12.8. The number of carbonyl (C=O) groups excluding carboxylic acids is 1. The monoisotopic (exact) mass is 552 g/mol. The minimum Gasteiger partial charge on any atom is -0.279 e. The Balaban J connectivity index is 1.45. The lowest BCUT2D eigenvalue weighted by atomic mass is 9.95. The summed E-state index contributed by atoms with van der Waals surface area (Å²) < 4.78 is 43.5. The van der Waals surface area contributed by atoms with Crippen LogP contribution in [0.1, 0.15) is 54.9 Å². The van der Waals surface area contributed by atoms with Gasteiger partial charge in [0.25, 0.3) is 5.91 Å².